The van der Waals surface area contributed by atoms with Gasteiger partial charge in [0.15, 0.2) is 0 Å². The topological polar surface area (TPSA) is 60.2 Å². The first-order chi connectivity index (χ1) is 11.2. The average Bonchev–Trinajstić information content (AvgIpc) is 2.98. The Morgan fingerprint density at radius 1 is 1.13 bits per heavy atom. The van der Waals surface area contributed by atoms with Crippen LogP contribution < -0.4 is 0 Å². The average molecular weight is 311 g/mol. The number of ether oxygens (including phenoxy) is 1. The van der Waals surface area contributed by atoms with E-state index < -0.39 is 0 Å². The Bertz CT molecular complexity index is 765. The van der Waals surface area contributed by atoms with Crippen molar-refractivity contribution in [1.82, 2.24) is 15.0 Å². The monoisotopic (exact) mass is 311 g/mol. The highest BCUT2D eigenvalue weighted by Crippen LogP contribution is 2.24. The molecule has 1 N–H and O–H groups in total. The van der Waals surface area contributed by atoms with E-state index in [4.69, 9.17) is 4.74 Å². The molecule has 0 saturated carbocycles. The molecule has 1 aromatic heterocycles. The van der Waals surface area contributed by atoms with Gasteiger partial charge in [-0.15, -0.1) is 15.0 Å². The third-order valence-corrected chi connectivity index (χ3v) is 3.67. The second-order valence-corrected chi connectivity index (χ2v) is 5.69. The molecule has 5 heteroatoms. The van der Waals surface area contributed by atoms with Crippen LogP contribution in [0.2, 0.25) is 0 Å². The third-order valence-electron chi connectivity index (χ3n) is 3.67. The fraction of sp³-hybridized carbons (Fsp3) is 0.333. The van der Waals surface area contributed by atoms with Gasteiger partial charge in [0.1, 0.15) is 22.5 Å². The van der Waals surface area contributed by atoms with E-state index in [1.165, 1.54) is 4.80 Å². The predicted octanol–water partition coefficient (Wildman–Crippen LogP) is 3.48. The fourth-order valence-corrected chi connectivity index (χ4v) is 2.53. The number of fused-ring (bicyclic) bond motifs is 1. The van der Waals surface area contributed by atoms with Crippen molar-refractivity contribution in [3.63, 3.8) is 0 Å². The Morgan fingerprint density at radius 3 is 2.48 bits per heavy atom. The van der Waals surface area contributed by atoms with E-state index in [0.717, 1.165) is 36.0 Å². The van der Waals surface area contributed by atoms with Crippen molar-refractivity contribution < 1.29 is 9.84 Å². The molecule has 0 spiro atoms. The minimum absolute atomic E-state index is 0.136. The summed E-state index contributed by atoms with van der Waals surface area (Å²) in [5.41, 5.74) is 3.28. The molecule has 23 heavy (non-hydrogen) atoms. The number of benzene rings is 2. The Morgan fingerprint density at radius 2 is 1.83 bits per heavy atom. The molecule has 1 heterocycles. The lowest BCUT2D eigenvalue weighted by atomic mass is 10.1. The molecule has 5 nitrogen and oxygen atoms in total. The molecule has 0 fully saturated rings. The number of rotatable bonds is 6. The first-order valence-corrected chi connectivity index (χ1v) is 7.93. The predicted molar refractivity (Wildman–Crippen MR) is 89.9 cm³/mol. The van der Waals surface area contributed by atoms with Gasteiger partial charge < -0.3 is 9.84 Å². The van der Waals surface area contributed by atoms with Crippen LogP contribution in [-0.2, 0) is 11.2 Å². The molecule has 1 unspecified atom stereocenters. The van der Waals surface area contributed by atoms with E-state index in [1.807, 2.05) is 36.4 Å². The highest BCUT2D eigenvalue weighted by atomic mass is 16.5. The van der Waals surface area contributed by atoms with Crippen molar-refractivity contribution in [2.75, 3.05) is 6.61 Å². The van der Waals surface area contributed by atoms with Gasteiger partial charge in [-0.05, 0) is 49.6 Å². The van der Waals surface area contributed by atoms with Crippen molar-refractivity contribution in [2.45, 2.75) is 32.8 Å². The van der Waals surface area contributed by atoms with Crippen molar-refractivity contribution in [1.29, 1.82) is 0 Å². The smallest absolute Gasteiger partial charge is 0.143 e. The van der Waals surface area contributed by atoms with Crippen LogP contribution in [0.15, 0.2) is 42.5 Å². The number of phenolic OH excluding ortho intramolecular Hbond substituents is 1. The summed E-state index contributed by atoms with van der Waals surface area (Å²) in [6.45, 7) is 4.92. The van der Waals surface area contributed by atoms with Crippen molar-refractivity contribution in [3.8, 4) is 11.4 Å². The third kappa shape index (κ3) is 3.51. The second kappa shape index (κ2) is 6.79. The van der Waals surface area contributed by atoms with Gasteiger partial charge in [-0.25, -0.2) is 0 Å². The lowest BCUT2D eigenvalue weighted by molar-refractivity contribution is 0.0669. The molecule has 0 saturated heterocycles. The van der Waals surface area contributed by atoms with Crippen molar-refractivity contribution in [2.24, 2.45) is 0 Å². The van der Waals surface area contributed by atoms with Crippen LogP contribution in [0.1, 0.15) is 25.8 Å². The lowest BCUT2D eigenvalue weighted by Gasteiger charge is -2.13. The van der Waals surface area contributed by atoms with Crippen LogP contribution >= 0.6 is 0 Å². The summed E-state index contributed by atoms with van der Waals surface area (Å²) in [5, 5.41) is 19.0. The lowest BCUT2D eigenvalue weighted by Crippen LogP contribution is -2.12. The van der Waals surface area contributed by atoms with Crippen LogP contribution in [0, 0.1) is 0 Å². The van der Waals surface area contributed by atoms with Crippen LogP contribution in [0.4, 0.5) is 0 Å². The van der Waals surface area contributed by atoms with E-state index in [0.29, 0.717) is 5.69 Å². The molecule has 0 amide bonds. The Kier molecular flexibility index (Phi) is 4.57. The summed E-state index contributed by atoms with van der Waals surface area (Å²) in [7, 11) is 0. The molecule has 0 aliphatic heterocycles. The van der Waals surface area contributed by atoms with E-state index in [1.54, 1.807) is 6.07 Å². The number of aromatic hydroxyl groups is 1. The summed E-state index contributed by atoms with van der Waals surface area (Å²) in [6, 6.07) is 13.2. The maximum atomic E-state index is 10.2. The molecule has 3 aromatic rings. The van der Waals surface area contributed by atoms with Gasteiger partial charge in [0.25, 0.3) is 0 Å². The number of aromatic nitrogens is 3. The quantitative estimate of drug-likeness (QED) is 0.757. The molecule has 3 rings (SSSR count). The summed E-state index contributed by atoms with van der Waals surface area (Å²) in [4.78, 5) is 1.49. The Balaban J connectivity index is 1.88. The number of hydrogen-bond acceptors (Lipinski definition) is 4. The van der Waals surface area contributed by atoms with Gasteiger partial charge in [-0.1, -0.05) is 25.1 Å². The zero-order valence-electron chi connectivity index (χ0n) is 13.4. The van der Waals surface area contributed by atoms with Crippen LogP contribution in [0.25, 0.3) is 16.7 Å². The van der Waals surface area contributed by atoms with Gasteiger partial charge in [0.2, 0.25) is 0 Å². The maximum Gasteiger partial charge on any atom is 0.143 e. The number of hydrogen-bond donors (Lipinski definition) is 1. The van der Waals surface area contributed by atoms with Gasteiger partial charge in [-0.2, -0.15) is 0 Å². The number of phenols is 1. The van der Waals surface area contributed by atoms with E-state index in [9.17, 15) is 5.11 Å². The molecule has 0 bridgehead atoms. The SMILES string of the molecule is CCCOC(C)Cc1ccc(O)c(-n2nc3ccccc3n2)c1. The van der Waals surface area contributed by atoms with Crippen LogP contribution in [-0.4, -0.2) is 32.8 Å². The van der Waals surface area contributed by atoms with Crippen LogP contribution in [0.5, 0.6) is 5.75 Å². The summed E-state index contributed by atoms with van der Waals surface area (Å²) in [5.74, 6) is 0.163. The molecule has 120 valence electrons. The van der Waals surface area contributed by atoms with Gasteiger partial charge >= 0.3 is 0 Å². The van der Waals surface area contributed by atoms with E-state index in [2.05, 4.69) is 24.0 Å². The molecular weight excluding hydrogens is 290 g/mol. The summed E-state index contributed by atoms with van der Waals surface area (Å²) >= 11 is 0. The maximum absolute atomic E-state index is 10.2. The Hall–Kier alpha value is -2.40. The minimum Gasteiger partial charge on any atom is -0.506 e. The van der Waals surface area contributed by atoms with E-state index >= 15 is 0 Å². The first kappa shape index (κ1) is 15.5. The second-order valence-electron chi connectivity index (χ2n) is 5.69. The van der Waals surface area contributed by atoms with Crippen molar-refractivity contribution >= 4 is 11.0 Å². The number of nitrogens with zero attached hydrogens (tertiary/aromatic N) is 3. The van der Waals surface area contributed by atoms with Gasteiger partial charge in [-0.3, -0.25) is 0 Å². The standard InChI is InChI=1S/C18H21N3O2/c1-3-10-23-13(2)11-14-8-9-18(22)17(12-14)21-19-15-6-4-5-7-16(15)20-21/h4-9,12-13,22H,3,10-11H2,1-2H3. The molecular formula is C18H21N3O2. The van der Waals surface area contributed by atoms with Crippen LogP contribution in [0.3, 0.4) is 0 Å². The molecule has 0 radical (unpaired) electrons. The highest BCUT2D eigenvalue weighted by Gasteiger charge is 2.11. The van der Waals surface area contributed by atoms with Crippen molar-refractivity contribution in [3.05, 3.63) is 48.0 Å². The zero-order chi connectivity index (χ0) is 16.2. The largest absolute Gasteiger partial charge is 0.506 e. The molecule has 1 atom stereocenters. The molecule has 0 aliphatic carbocycles. The zero-order valence-corrected chi connectivity index (χ0v) is 13.4. The van der Waals surface area contributed by atoms with E-state index in [-0.39, 0.29) is 11.9 Å². The summed E-state index contributed by atoms with van der Waals surface area (Å²) in [6.07, 6.45) is 1.93. The minimum atomic E-state index is 0.136. The normalized spacial score (nSPS) is 12.6. The first-order valence-electron chi connectivity index (χ1n) is 7.93. The highest BCUT2D eigenvalue weighted by molar-refractivity contribution is 5.73. The summed E-state index contributed by atoms with van der Waals surface area (Å²) < 4.78 is 5.72. The fourth-order valence-electron chi connectivity index (χ4n) is 2.53. The Labute approximate surface area is 135 Å². The van der Waals surface area contributed by atoms with Gasteiger partial charge in [0, 0.05) is 6.61 Å². The molecule has 0 aliphatic rings. The van der Waals surface area contributed by atoms with Gasteiger partial charge in [0.05, 0.1) is 6.10 Å². The molecule has 2 aromatic carbocycles.